The van der Waals surface area contributed by atoms with Crippen LogP contribution in [0, 0.1) is 0 Å². The first kappa shape index (κ1) is 27.3. The van der Waals surface area contributed by atoms with Gasteiger partial charge in [0.15, 0.2) is 0 Å². The molecule has 0 saturated carbocycles. The van der Waals surface area contributed by atoms with Crippen LogP contribution in [0.15, 0.2) is 109 Å². The van der Waals surface area contributed by atoms with E-state index in [4.69, 9.17) is 0 Å². The number of hydrogen-bond donors (Lipinski definition) is 0. The molecule has 3 heterocycles. The van der Waals surface area contributed by atoms with Gasteiger partial charge < -0.3 is 4.90 Å². The summed E-state index contributed by atoms with van der Waals surface area (Å²) in [7, 11) is 0. The second-order valence-corrected chi connectivity index (χ2v) is 10.3. The Balaban J connectivity index is 1.37. The molecule has 0 aromatic heterocycles. The Morgan fingerprint density at radius 2 is 0.651 bits per heavy atom. The van der Waals surface area contributed by atoms with E-state index in [9.17, 15) is 28.8 Å². The number of anilines is 6. The van der Waals surface area contributed by atoms with Gasteiger partial charge in [-0.3, -0.25) is 28.8 Å². The molecule has 0 unspecified atom stereocenters. The molecular weight excluding hydrogens is 548 g/mol. The number of benzene rings is 3. The SMILES string of the molecule is C=C1CC(=O)N(c2ccc(N(c3ccc(N4C(=O)CC(=C)C4=O)cc3)c3ccc(N4C(=O)CC(=C)C4=O)cc3)cc2)C1=O. The lowest BCUT2D eigenvalue weighted by atomic mass is 10.1. The van der Waals surface area contributed by atoms with E-state index in [1.807, 2.05) is 4.90 Å². The highest BCUT2D eigenvalue weighted by atomic mass is 16.2. The number of rotatable bonds is 6. The van der Waals surface area contributed by atoms with Gasteiger partial charge in [0.25, 0.3) is 17.7 Å². The third kappa shape index (κ3) is 4.55. The second-order valence-electron chi connectivity index (χ2n) is 10.3. The Bertz CT molecular complexity index is 1590. The fourth-order valence-electron chi connectivity index (χ4n) is 5.31. The van der Waals surface area contributed by atoms with Gasteiger partial charge in [-0.05, 0) is 72.8 Å². The fraction of sp³-hybridized carbons (Fsp3) is 0.0909. The summed E-state index contributed by atoms with van der Waals surface area (Å²) in [4.78, 5) is 79.7. The lowest BCUT2D eigenvalue weighted by molar-refractivity contribution is -0.122. The molecule has 43 heavy (non-hydrogen) atoms. The third-order valence-corrected chi connectivity index (χ3v) is 7.46. The monoisotopic (exact) mass is 572 g/mol. The van der Waals surface area contributed by atoms with Crippen molar-refractivity contribution in [2.24, 2.45) is 0 Å². The molecule has 0 radical (unpaired) electrons. The first-order chi connectivity index (χ1) is 20.5. The van der Waals surface area contributed by atoms with Gasteiger partial charge in [-0.1, -0.05) is 19.7 Å². The Morgan fingerprint density at radius 1 is 0.419 bits per heavy atom. The summed E-state index contributed by atoms with van der Waals surface area (Å²) in [6, 6.07) is 20.4. The molecule has 10 heteroatoms. The number of imide groups is 3. The van der Waals surface area contributed by atoms with E-state index >= 15 is 0 Å². The van der Waals surface area contributed by atoms with Crippen LogP contribution in [0.2, 0.25) is 0 Å². The van der Waals surface area contributed by atoms with Crippen molar-refractivity contribution in [1.82, 2.24) is 0 Å². The molecule has 3 aromatic carbocycles. The van der Waals surface area contributed by atoms with Crippen molar-refractivity contribution < 1.29 is 28.8 Å². The van der Waals surface area contributed by atoms with E-state index in [1.54, 1.807) is 72.8 Å². The first-order valence-corrected chi connectivity index (χ1v) is 13.3. The molecule has 0 atom stereocenters. The van der Waals surface area contributed by atoms with E-state index in [0.29, 0.717) is 34.1 Å². The van der Waals surface area contributed by atoms with Crippen LogP contribution in [-0.4, -0.2) is 35.4 Å². The van der Waals surface area contributed by atoms with Gasteiger partial charge in [0.05, 0.1) is 36.3 Å². The molecule has 6 amide bonds. The molecule has 3 fully saturated rings. The van der Waals surface area contributed by atoms with Crippen molar-refractivity contribution >= 4 is 69.6 Å². The summed E-state index contributed by atoms with van der Waals surface area (Å²) in [6.07, 6.45) is -0.0948. The molecule has 0 aliphatic carbocycles. The molecule has 0 bridgehead atoms. The van der Waals surface area contributed by atoms with Gasteiger partial charge in [-0.2, -0.15) is 0 Å². The highest BCUT2D eigenvalue weighted by Gasteiger charge is 2.36. The van der Waals surface area contributed by atoms with Crippen LogP contribution in [0.5, 0.6) is 0 Å². The van der Waals surface area contributed by atoms with Gasteiger partial charge >= 0.3 is 0 Å². The molecule has 3 aliphatic rings. The van der Waals surface area contributed by atoms with Crippen molar-refractivity contribution in [2.75, 3.05) is 19.6 Å². The van der Waals surface area contributed by atoms with E-state index in [2.05, 4.69) is 19.7 Å². The number of amides is 6. The predicted octanol–water partition coefficient (Wildman–Crippen LogP) is 4.61. The maximum Gasteiger partial charge on any atom is 0.260 e. The van der Waals surface area contributed by atoms with Gasteiger partial charge in [-0.15, -0.1) is 0 Å². The summed E-state index contributed by atoms with van der Waals surface area (Å²) >= 11 is 0. The quantitative estimate of drug-likeness (QED) is 0.313. The highest BCUT2D eigenvalue weighted by molar-refractivity contribution is 6.29. The van der Waals surface area contributed by atoms with Crippen LogP contribution in [0.1, 0.15) is 19.3 Å². The Labute approximate surface area is 246 Å². The van der Waals surface area contributed by atoms with Crippen LogP contribution in [-0.2, 0) is 28.8 Å². The van der Waals surface area contributed by atoms with Crippen molar-refractivity contribution in [1.29, 1.82) is 0 Å². The minimum absolute atomic E-state index is 0.0316. The van der Waals surface area contributed by atoms with Crippen LogP contribution in [0.25, 0.3) is 0 Å². The molecule has 212 valence electrons. The number of carbonyl (C=O) groups is 6. The summed E-state index contributed by atoms with van der Waals surface area (Å²) in [5.41, 5.74) is 3.87. The maximum atomic E-state index is 12.5. The van der Waals surface area contributed by atoms with Crippen LogP contribution in [0.3, 0.4) is 0 Å². The standard InChI is InChI=1S/C33H24N4O6/c1-19-16-28(38)35(31(19)41)25-10-4-22(5-11-25)34(23-6-12-26(13-7-23)36-29(39)17-20(2)32(36)42)24-8-14-27(15-9-24)37-30(40)18-21(3)33(37)43/h4-15H,1-3,16-18H2. The highest BCUT2D eigenvalue weighted by Crippen LogP contribution is 2.39. The van der Waals surface area contributed by atoms with Crippen molar-refractivity contribution in [2.45, 2.75) is 19.3 Å². The number of hydrogen-bond acceptors (Lipinski definition) is 7. The summed E-state index contributed by atoms with van der Waals surface area (Å²) in [6.45, 7) is 11.0. The molecule has 3 saturated heterocycles. The fourth-order valence-corrected chi connectivity index (χ4v) is 5.31. The van der Waals surface area contributed by atoms with Crippen molar-refractivity contribution in [3.8, 4) is 0 Å². The van der Waals surface area contributed by atoms with Crippen molar-refractivity contribution in [3.05, 3.63) is 109 Å². The number of carbonyl (C=O) groups excluding carboxylic acids is 6. The summed E-state index contributed by atoms with van der Waals surface area (Å²) in [5, 5.41) is 0. The molecule has 3 aromatic rings. The largest absolute Gasteiger partial charge is 0.310 e. The van der Waals surface area contributed by atoms with Gasteiger partial charge in [0.2, 0.25) is 17.7 Å². The molecule has 10 nitrogen and oxygen atoms in total. The van der Waals surface area contributed by atoms with Crippen LogP contribution >= 0.6 is 0 Å². The summed E-state index contributed by atoms with van der Waals surface area (Å²) < 4.78 is 0. The van der Waals surface area contributed by atoms with Gasteiger partial charge in [0, 0.05) is 33.8 Å². The lowest BCUT2D eigenvalue weighted by Gasteiger charge is -2.27. The predicted molar refractivity (Wildman–Crippen MR) is 160 cm³/mol. The third-order valence-electron chi connectivity index (χ3n) is 7.46. The van der Waals surface area contributed by atoms with Crippen molar-refractivity contribution in [3.63, 3.8) is 0 Å². The van der Waals surface area contributed by atoms with Crippen LogP contribution < -0.4 is 19.6 Å². The Hall–Kier alpha value is -5.90. The van der Waals surface area contributed by atoms with Crippen LogP contribution in [0.4, 0.5) is 34.1 Å². The summed E-state index contributed by atoms with van der Waals surface area (Å²) in [5.74, 6) is -2.39. The Morgan fingerprint density at radius 3 is 0.837 bits per heavy atom. The smallest absolute Gasteiger partial charge is 0.260 e. The maximum absolute atomic E-state index is 12.5. The van der Waals surface area contributed by atoms with Gasteiger partial charge in [0.1, 0.15) is 0 Å². The molecule has 6 rings (SSSR count). The first-order valence-electron chi connectivity index (χ1n) is 13.3. The van der Waals surface area contributed by atoms with E-state index < -0.39 is 17.7 Å². The van der Waals surface area contributed by atoms with Gasteiger partial charge in [-0.25, -0.2) is 14.7 Å². The van der Waals surface area contributed by atoms with E-state index in [0.717, 1.165) is 14.7 Å². The molecule has 3 aliphatic heterocycles. The minimum Gasteiger partial charge on any atom is -0.310 e. The van der Waals surface area contributed by atoms with E-state index in [-0.39, 0.29) is 53.7 Å². The van der Waals surface area contributed by atoms with E-state index in [1.165, 1.54) is 0 Å². The zero-order valence-electron chi connectivity index (χ0n) is 22.9. The zero-order valence-corrected chi connectivity index (χ0v) is 22.9. The topological polar surface area (TPSA) is 115 Å². The second kappa shape index (κ2) is 10.2. The number of nitrogens with zero attached hydrogens (tertiary/aromatic N) is 4. The molecule has 0 spiro atoms. The minimum atomic E-state index is -0.442. The lowest BCUT2D eigenvalue weighted by Crippen LogP contribution is -2.29. The Kier molecular flexibility index (Phi) is 6.46. The molecular formula is C33H24N4O6. The molecule has 0 N–H and O–H groups in total. The average Bonchev–Trinajstić information content (AvgIpc) is 3.51. The zero-order chi connectivity index (χ0) is 30.6. The average molecular weight is 573 g/mol. The normalized spacial score (nSPS) is 17.3.